The number of nitrogens with zero attached hydrogens (tertiary/aromatic N) is 5. The second-order valence-electron chi connectivity index (χ2n) is 6.60. The highest BCUT2D eigenvalue weighted by molar-refractivity contribution is 14.0. The predicted octanol–water partition coefficient (Wildman–Crippen LogP) is 1.05. The number of aromatic nitrogens is 1. The molecule has 1 aromatic rings. The molecule has 28 heavy (non-hydrogen) atoms. The van der Waals surface area contributed by atoms with Crippen molar-refractivity contribution < 1.29 is 12.9 Å². The molecule has 162 valence electrons. The number of nitrogens with one attached hydrogen (secondary N) is 1. The summed E-state index contributed by atoms with van der Waals surface area (Å²) in [6, 6.07) is 1.90. The number of hydrogen-bond acceptors (Lipinski definition) is 6. The molecule has 0 bridgehead atoms. The van der Waals surface area contributed by atoms with E-state index < -0.39 is 10.0 Å². The van der Waals surface area contributed by atoms with Crippen LogP contribution < -0.4 is 5.32 Å². The van der Waals surface area contributed by atoms with Crippen molar-refractivity contribution >= 4 is 40.0 Å². The number of hydrogen-bond donors (Lipinski definition) is 1. The van der Waals surface area contributed by atoms with E-state index in [4.69, 9.17) is 9.52 Å². The molecule has 0 atom stereocenters. The van der Waals surface area contributed by atoms with Crippen LogP contribution in [0.25, 0.3) is 0 Å². The Morgan fingerprint density at radius 2 is 2.04 bits per heavy atom. The third kappa shape index (κ3) is 8.21. The lowest BCUT2D eigenvalue weighted by atomic mass is 10.3. The quantitative estimate of drug-likeness (QED) is 0.222. The first-order valence-electron chi connectivity index (χ1n) is 9.54. The summed E-state index contributed by atoms with van der Waals surface area (Å²) in [5, 5.41) is 7.31. The summed E-state index contributed by atoms with van der Waals surface area (Å²) in [6.45, 7) is 10.8. The number of halogens is 1. The van der Waals surface area contributed by atoms with E-state index in [1.165, 1.54) is 10.6 Å². The summed E-state index contributed by atoms with van der Waals surface area (Å²) in [7, 11) is -3.13. The van der Waals surface area contributed by atoms with E-state index in [1.807, 2.05) is 13.0 Å². The zero-order valence-corrected chi connectivity index (χ0v) is 20.1. The van der Waals surface area contributed by atoms with E-state index >= 15 is 0 Å². The Morgan fingerprint density at radius 1 is 1.32 bits per heavy atom. The molecule has 0 amide bonds. The molecule has 11 heteroatoms. The molecule has 2 rings (SSSR count). The van der Waals surface area contributed by atoms with Gasteiger partial charge in [0.25, 0.3) is 0 Å². The van der Waals surface area contributed by atoms with Crippen molar-refractivity contribution in [3.8, 4) is 0 Å². The Balaban J connectivity index is 0.00000392. The molecular formula is C17H33IN6O3S. The zero-order chi connectivity index (χ0) is 19.7. The van der Waals surface area contributed by atoms with Crippen LogP contribution in [0.15, 0.2) is 21.8 Å². The third-order valence-electron chi connectivity index (χ3n) is 4.53. The summed E-state index contributed by atoms with van der Waals surface area (Å²) in [6.07, 6.45) is 3.56. The van der Waals surface area contributed by atoms with E-state index in [2.05, 4.69) is 27.2 Å². The Hall–Kier alpha value is -0.920. The van der Waals surface area contributed by atoms with E-state index in [1.54, 1.807) is 6.26 Å². The van der Waals surface area contributed by atoms with Crippen LogP contribution in [0.5, 0.6) is 0 Å². The van der Waals surface area contributed by atoms with Crippen LogP contribution in [0.4, 0.5) is 0 Å². The Labute approximate surface area is 185 Å². The van der Waals surface area contributed by atoms with Gasteiger partial charge in [-0.2, -0.15) is 0 Å². The highest BCUT2D eigenvalue weighted by atomic mass is 127. The molecule has 9 nitrogen and oxygen atoms in total. The fourth-order valence-electron chi connectivity index (χ4n) is 3.08. The first kappa shape index (κ1) is 25.1. The average Bonchev–Trinajstić information content (AvgIpc) is 3.13. The van der Waals surface area contributed by atoms with Crippen LogP contribution in [-0.2, 0) is 16.6 Å². The second-order valence-corrected chi connectivity index (χ2v) is 8.58. The van der Waals surface area contributed by atoms with Crippen LogP contribution in [-0.4, -0.2) is 92.3 Å². The number of sulfonamides is 1. The molecule has 1 fully saturated rings. The van der Waals surface area contributed by atoms with Crippen LogP contribution >= 0.6 is 24.0 Å². The van der Waals surface area contributed by atoms with Gasteiger partial charge in [-0.25, -0.2) is 12.7 Å². The highest BCUT2D eigenvalue weighted by Crippen LogP contribution is 2.07. The number of rotatable bonds is 9. The monoisotopic (exact) mass is 528 g/mol. The van der Waals surface area contributed by atoms with Crippen molar-refractivity contribution in [3.05, 3.63) is 18.0 Å². The molecule has 0 aromatic carbocycles. The molecule has 1 N–H and O–H groups in total. The van der Waals surface area contributed by atoms with E-state index in [9.17, 15) is 8.42 Å². The number of aliphatic imine (C=N–C) groups is 1. The maximum Gasteiger partial charge on any atom is 0.211 e. The summed E-state index contributed by atoms with van der Waals surface area (Å²) in [5.74, 6) is 0.904. The van der Waals surface area contributed by atoms with E-state index in [0.717, 1.165) is 50.9 Å². The van der Waals surface area contributed by atoms with Gasteiger partial charge in [-0.1, -0.05) is 12.1 Å². The molecule has 1 aromatic heterocycles. The first-order chi connectivity index (χ1) is 12.9. The SMILES string of the molecule is CCNC(=NCCCN(CC)S(C)(=O)=O)N1CCN(Cc2ccon2)CC1.I. The van der Waals surface area contributed by atoms with Crippen molar-refractivity contribution in [2.24, 2.45) is 4.99 Å². The van der Waals surface area contributed by atoms with Crippen molar-refractivity contribution in [2.45, 2.75) is 26.8 Å². The second kappa shape index (κ2) is 12.6. The molecule has 1 aliphatic heterocycles. The maximum atomic E-state index is 11.6. The lowest BCUT2D eigenvalue weighted by Gasteiger charge is -2.36. The van der Waals surface area contributed by atoms with Crippen molar-refractivity contribution in [1.29, 1.82) is 0 Å². The van der Waals surface area contributed by atoms with Crippen LogP contribution in [0, 0.1) is 0 Å². The van der Waals surface area contributed by atoms with Gasteiger partial charge < -0.3 is 14.7 Å². The maximum absolute atomic E-state index is 11.6. The fourth-order valence-corrected chi connectivity index (χ4v) is 4.01. The number of piperazine rings is 1. The minimum absolute atomic E-state index is 0. The van der Waals surface area contributed by atoms with E-state index in [0.29, 0.717) is 26.1 Å². The molecule has 0 spiro atoms. The molecule has 0 unspecified atom stereocenters. The third-order valence-corrected chi connectivity index (χ3v) is 5.91. The van der Waals surface area contributed by atoms with Gasteiger partial charge in [0.15, 0.2) is 5.96 Å². The Kier molecular flexibility index (Phi) is 11.3. The topological polar surface area (TPSA) is 94.3 Å². The standard InChI is InChI=1S/C17H32N6O3S.HI/c1-4-18-17(19-8-6-9-23(5-2)27(3,24)25)22-12-10-21(11-13-22)15-16-7-14-26-20-16;/h7,14H,4-6,8-13,15H2,1-3H3,(H,18,19);1H. The van der Waals surface area contributed by atoms with Gasteiger partial charge in [0, 0.05) is 65.0 Å². The lowest BCUT2D eigenvalue weighted by molar-refractivity contribution is 0.169. The van der Waals surface area contributed by atoms with Gasteiger partial charge >= 0.3 is 0 Å². The molecule has 1 saturated heterocycles. The van der Waals surface area contributed by atoms with Gasteiger partial charge in [0.05, 0.1) is 11.9 Å². The minimum Gasteiger partial charge on any atom is -0.364 e. The van der Waals surface area contributed by atoms with Gasteiger partial charge in [-0.05, 0) is 13.3 Å². The van der Waals surface area contributed by atoms with Crippen LogP contribution in [0.2, 0.25) is 0 Å². The predicted molar refractivity (Wildman–Crippen MR) is 121 cm³/mol. The van der Waals surface area contributed by atoms with Crippen molar-refractivity contribution in [1.82, 2.24) is 24.6 Å². The minimum atomic E-state index is -3.13. The normalized spacial score (nSPS) is 16.3. The zero-order valence-electron chi connectivity index (χ0n) is 17.0. The number of guanidine groups is 1. The van der Waals surface area contributed by atoms with Gasteiger partial charge in [0.1, 0.15) is 6.26 Å². The van der Waals surface area contributed by atoms with Crippen molar-refractivity contribution in [3.63, 3.8) is 0 Å². The summed E-state index contributed by atoms with van der Waals surface area (Å²) in [4.78, 5) is 9.30. The first-order valence-corrected chi connectivity index (χ1v) is 11.4. The van der Waals surface area contributed by atoms with Crippen LogP contribution in [0.3, 0.4) is 0 Å². The van der Waals surface area contributed by atoms with Gasteiger partial charge in [-0.3, -0.25) is 9.89 Å². The summed E-state index contributed by atoms with van der Waals surface area (Å²) >= 11 is 0. The Morgan fingerprint density at radius 3 is 2.57 bits per heavy atom. The van der Waals surface area contributed by atoms with E-state index in [-0.39, 0.29) is 24.0 Å². The lowest BCUT2D eigenvalue weighted by Crippen LogP contribution is -2.52. The molecule has 2 heterocycles. The van der Waals surface area contributed by atoms with Crippen molar-refractivity contribution in [2.75, 3.05) is 58.6 Å². The largest absolute Gasteiger partial charge is 0.364 e. The molecule has 0 saturated carbocycles. The highest BCUT2D eigenvalue weighted by Gasteiger charge is 2.20. The molecular weight excluding hydrogens is 495 g/mol. The van der Waals surface area contributed by atoms with Gasteiger partial charge in [0.2, 0.25) is 10.0 Å². The summed E-state index contributed by atoms with van der Waals surface area (Å²) < 4.78 is 29.7. The summed E-state index contributed by atoms with van der Waals surface area (Å²) in [5.41, 5.74) is 0.954. The van der Waals surface area contributed by atoms with Gasteiger partial charge in [-0.15, -0.1) is 24.0 Å². The smallest absolute Gasteiger partial charge is 0.211 e. The molecule has 0 aliphatic carbocycles. The molecule has 0 radical (unpaired) electrons. The average molecular weight is 528 g/mol. The fraction of sp³-hybridized carbons (Fsp3) is 0.765. The Bertz CT molecular complexity index is 675. The van der Waals surface area contributed by atoms with Crippen LogP contribution in [0.1, 0.15) is 26.0 Å². The molecule has 1 aliphatic rings.